The molecule has 40 heteroatoms. The van der Waals surface area contributed by atoms with Gasteiger partial charge in [-0.3, -0.25) is 43.3 Å². The Morgan fingerprint density at radius 1 is 0.728 bits per heavy atom. The van der Waals surface area contributed by atoms with Crippen LogP contribution in [-0.4, -0.2) is 279 Å². The summed E-state index contributed by atoms with van der Waals surface area (Å²) in [6.07, 6.45) is -9.34. The minimum absolute atomic E-state index is 0.000354. The fourth-order valence-electron chi connectivity index (χ4n) is 17.7. The number of primary amides is 1. The number of carbonyl (C=O) groups excluding carboxylic acids is 10. The number of amides is 11. The molecule has 17 atom stereocenters. The molecule has 0 unspecified atom stereocenters. The Bertz CT molecular complexity index is 5070. The van der Waals surface area contributed by atoms with Crippen LogP contribution in [0.25, 0.3) is 33.5 Å². The number of ether oxygens (including phenoxy) is 5. The van der Waals surface area contributed by atoms with E-state index in [9.17, 15) is 73.5 Å². The zero-order chi connectivity index (χ0) is 99.8. The van der Waals surface area contributed by atoms with Gasteiger partial charge in [0.15, 0.2) is 6.10 Å². The normalized spacial score (nSPS) is 19.3. The molecule has 11 amide bonds. The quantitative estimate of drug-likeness (QED) is 0.0167. The van der Waals surface area contributed by atoms with Crippen molar-refractivity contribution >= 4 is 105 Å². The van der Waals surface area contributed by atoms with Crippen molar-refractivity contribution in [3.8, 4) is 28.3 Å². The molecule has 3 aliphatic rings. The Labute approximate surface area is 797 Å². The maximum absolute atomic E-state index is 15.1. The molecule has 0 saturated carbocycles. The molecule has 0 radical (unpaired) electrons. The number of aliphatic hydroxyl groups is 4. The van der Waals surface area contributed by atoms with Crippen molar-refractivity contribution in [2.75, 3.05) is 83.1 Å². The number of aromatic amines is 1. The van der Waals surface area contributed by atoms with Crippen LogP contribution in [0.4, 0.5) is 31.2 Å². The number of hydrogen-bond acceptors (Lipinski definition) is 25. The van der Waals surface area contributed by atoms with Crippen molar-refractivity contribution in [3.63, 3.8) is 0 Å². The summed E-state index contributed by atoms with van der Waals surface area (Å²) >= 11 is 6.42. The molecule has 0 aliphatic carbocycles. The van der Waals surface area contributed by atoms with E-state index < -0.39 is 181 Å². The van der Waals surface area contributed by atoms with E-state index >= 15 is 9.18 Å². The maximum atomic E-state index is 15.1. The molecule has 0 spiro atoms. The third-order valence-corrected chi connectivity index (χ3v) is 25.6. The van der Waals surface area contributed by atoms with Gasteiger partial charge in [0.25, 0.3) is 0 Å². The molecule has 38 nitrogen and oxygen atoms in total. The summed E-state index contributed by atoms with van der Waals surface area (Å²) in [4.78, 5) is 173. The molecule has 136 heavy (non-hydrogen) atoms. The Morgan fingerprint density at radius 3 is 2.06 bits per heavy atom. The van der Waals surface area contributed by atoms with Gasteiger partial charge in [0.05, 0.1) is 76.7 Å². The molecule has 4 aromatic carbocycles. The van der Waals surface area contributed by atoms with Crippen LogP contribution in [0.15, 0.2) is 91.1 Å². The first-order chi connectivity index (χ1) is 64.6. The minimum Gasteiger partial charge on any atom is -0.479 e. The van der Waals surface area contributed by atoms with Crippen molar-refractivity contribution in [2.24, 2.45) is 41.1 Å². The van der Waals surface area contributed by atoms with Gasteiger partial charge in [-0.1, -0.05) is 123 Å². The van der Waals surface area contributed by atoms with Crippen LogP contribution in [0.5, 0.6) is 5.75 Å². The predicted octanol–water partition coefficient (Wildman–Crippen LogP) is 7.29. The van der Waals surface area contributed by atoms with E-state index in [1.54, 1.807) is 116 Å². The average Bonchev–Trinajstić information content (AvgIpc) is 1.22. The lowest BCUT2D eigenvalue weighted by atomic mass is 9.89. The number of methoxy groups -OCH3 is 2. The zero-order valence-corrected chi connectivity index (χ0v) is 80.8. The van der Waals surface area contributed by atoms with E-state index in [0.717, 1.165) is 16.2 Å². The van der Waals surface area contributed by atoms with E-state index in [0.29, 0.717) is 102 Å². The average molecular weight is 1920 g/mol. The number of nitrogens with one attached hydrogen (secondary N) is 9. The highest BCUT2D eigenvalue weighted by molar-refractivity contribution is 6.31. The minimum atomic E-state index is -2.16. The summed E-state index contributed by atoms with van der Waals surface area (Å²) < 4.78 is 44.6. The molecule has 3 saturated heterocycles. The fourth-order valence-corrected chi connectivity index (χ4v) is 17.8. The number of piperidine rings is 1. The molecule has 2 aromatic heterocycles. The van der Waals surface area contributed by atoms with Crippen LogP contribution >= 0.6 is 11.6 Å². The summed E-state index contributed by atoms with van der Waals surface area (Å²) in [5.41, 5.74) is 17.0. The number of urea groups is 1. The number of rotatable bonds is 47. The number of fused-ring (bicyclic) bond motifs is 1. The Balaban J connectivity index is 0.832. The van der Waals surface area contributed by atoms with Crippen LogP contribution in [0.1, 0.15) is 169 Å². The number of benzene rings is 4. The van der Waals surface area contributed by atoms with Crippen molar-refractivity contribution in [1.82, 2.24) is 61.6 Å². The number of carbonyl (C=O) groups is 11. The zero-order valence-electron chi connectivity index (χ0n) is 80.1. The second-order valence-corrected chi connectivity index (χ2v) is 37.0. The van der Waals surface area contributed by atoms with Gasteiger partial charge in [-0.25, -0.2) is 28.7 Å². The first-order valence-electron chi connectivity index (χ1n) is 46.5. The number of likely N-dealkylation sites (N-methyl/N-ethyl adjacent to an activating group) is 2. The predicted molar refractivity (Wildman–Crippen MR) is 508 cm³/mol. The Morgan fingerprint density at radius 2 is 1.42 bits per heavy atom. The van der Waals surface area contributed by atoms with E-state index in [1.807, 2.05) is 32.9 Å². The molecular weight excluding hydrogens is 1780 g/mol. The van der Waals surface area contributed by atoms with Gasteiger partial charge in [0.1, 0.15) is 72.3 Å². The number of carboxylic acid groups (broad SMARTS) is 1. The number of likely N-dealkylation sites (tertiary alicyclic amines) is 1. The van der Waals surface area contributed by atoms with Gasteiger partial charge < -0.3 is 123 Å². The van der Waals surface area contributed by atoms with E-state index in [-0.39, 0.29) is 106 Å². The number of nitrogens with zero attached hydrogens (tertiary/aromatic N) is 6. The van der Waals surface area contributed by atoms with Crippen molar-refractivity contribution in [2.45, 2.75) is 257 Å². The summed E-state index contributed by atoms with van der Waals surface area (Å²) in [6.45, 7) is 20.5. The molecule has 5 heterocycles. The molecule has 18 N–H and O–H groups in total. The van der Waals surface area contributed by atoms with Gasteiger partial charge in [-0.2, -0.15) is 0 Å². The van der Waals surface area contributed by atoms with Crippen LogP contribution in [0.3, 0.4) is 0 Å². The van der Waals surface area contributed by atoms with Crippen molar-refractivity contribution in [1.29, 1.82) is 0 Å². The van der Waals surface area contributed by atoms with Crippen molar-refractivity contribution < 1.29 is 106 Å². The monoisotopic (exact) mass is 1920 g/mol. The van der Waals surface area contributed by atoms with E-state index in [4.69, 9.17) is 56.7 Å². The highest BCUT2D eigenvalue weighted by atomic mass is 35.5. The summed E-state index contributed by atoms with van der Waals surface area (Å²) in [6, 6.07) is 15.0. The molecule has 9 rings (SSSR count). The largest absolute Gasteiger partial charge is 0.479 e. The molecule has 0 bridgehead atoms. The number of hydrogen-bond donors (Lipinski definition) is 16. The number of nitrogens with two attached hydrogens (primary N) is 2. The smallest absolute Gasteiger partial charge is 0.410 e. The van der Waals surface area contributed by atoms with E-state index in [1.165, 1.54) is 56.5 Å². The van der Waals surface area contributed by atoms with Crippen LogP contribution in [0, 0.1) is 42.3 Å². The lowest BCUT2D eigenvalue weighted by Gasteiger charge is -2.41. The first kappa shape index (κ1) is 108. The van der Waals surface area contributed by atoms with Crippen LogP contribution in [0.2, 0.25) is 5.02 Å². The number of halogens is 2. The van der Waals surface area contributed by atoms with Gasteiger partial charge in [-0.15, -0.1) is 0 Å². The summed E-state index contributed by atoms with van der Waals surface area (Å²) in [5.74, 6) is -8.87. The fraction of sp³-hybridized carbons (Fsp3) is 0.573. The molecular formula is C96H137ClFN17O21. The molecule has 6 aromatic rings. The number of H-pyrrole nitrogens is 1. The molecule has 3 fully saturated rings. The van der Waals surface area contributed by atoms with Gasteiger partial charge in [0, 0.05) is 103 Å². The lowest BCUT2D eigenvalue weighted by molar-refractivity contribution is -0.271. The number of aryl methyl sites for hydroxylation is 1. The number of anilines is 3. The van der Waals surface area contributed by atoms with Gasteiger partial charge >= 0.3 is 18.1 Å². The summed E-state index contributed by atoms with van der Waals surface area (Å²) in [7, 11) is 5.84. The van der Waals surface area contributed by atoms with Gasteiger partial charge in [0.2, 0.25) is 53.5 Å². The maximum Gasteiger partial charge on any atom is 0.410 e. The summed E-state index contributed by atoms with van der Waals surface area (Å²) in [5, 5.41) is 76.9. The lowest BCUT2D eigenvalue weighted by Crippen LogP contribution is -2.61. The topological polar surface area (TPSA) is 538 Å². The Kier molecular flexibility index (Phi) is 40.3. The van der Waals surface area contributed by atoms with Crippen molar-refractivity contribution in [3.05, 3.63) is 119 Å². The third-order valence-electron chi connectivity index (χ3n) is 25.4. The van der Waals surface area contributed by atoms with Gasteiger partial charge in [-0.05, 0) is 154 Å². The Hall–Kier alpha value is -11.4. The highest BCUT2D eigenvalue weighted by Crippen LogP contribution is 2.45. The number of pyridine rings is 1. The highest BCUT2D eigenvalue weighted by Gasteiger charge is 2.50. The standard InChI is InChI=1S/C96H137ClFN17O21/c1-16-54(9)78(70(132-14)47-73(118)115-39-23-27-68(115)84(133-15)55(10)88(123)105-56(11)80(119)58-24-18-17-19-25-58)112(12)92(127)76(51(4)5)111-91(126)77(52(6)7)113(13)96(131)134-49-57-30-32-65(69(44-57)135-94-83(122)81(120)82(121)85(136-94)93(128)129)108-89(124)66(26-22-36-103-95(100)130)109-90(125)75(50(2)3)110-72(117)29-21-20-28-71(116)101-37-38-102-86-74(87-106-64-33-31-60(97)46-67(64)107-87)79(114-40-34-62(99)35-41-114)63(48-104-86)59-42-53(8)43-61(98)45-59/h17-19,24-25,30-33,42-46,48,50-52,54-56,62,66,68,70,75-78,80-85,94,119-122H,16,20-23,26-29,34-41,47,49,99H2,1-15H3,(H,101,116)(H,102,104)(H,105,123)(H,106,107)(H,108,124)(H,109,125)(H,110,117)(H,111,126)(H,128,129)(H3,100,103,130)/t54-,55+,56+,66-,68-,70+,75-,76-,77-,78-,80+,81-,82-,83+,84+,85-,94+/m0/s1. The number of aliphatic hydroxyl groups excluding tert-OH is 4. The number of carboxylic acids is 1. The number of unbranched alkanes of at least 4 members (excludes halogenated alkanes) is 1. The van der Waals surface area contributed by atoms with Crippen LogP contribution in [-0.2, 0) is 68.7 Å². The third kappa shape index (κ3) is 28.6. The van der Waals surface area contributed by atoms with E-state index in [2.05, 4.69) is 52.4 Å². The van der Waals surface area contributed by atoms with Crippen LogP contribution < -0.4 is 63.6 Å². The molecule has 746 valence electrons. The second-order valence-electron chi connectivity index (χ2n) is 36.6. The number of aliphatic carboxylic acids is 1. The second kappa shape index (κ2) is 50.6. The number of imidazole rings is 1. The molecule has 3 aliphatic heterocycles. The first-order valence-corrected chi connectivity index (χ1v) is 46.9. The SMILES string of the molecule is CC[C@H](C)[C@@H]([C@@H](CC(=O)N1CCC[C@H]1[C@H](OC)[C@@H](C)C(=O)N[C@H](C)[C@@H](O)c1ccccc1)OC)N(C)C(=O)[C@@H](NC(=O)[C@H](C(C)C)N(C)C(=O)OCc1ccc(NC(=O)[C@H](CCCNC(N)=O)NC(=O)[C@@H](NC(=O)CCCCC(=O)NCCNc2ncc(-c3cc(C)cc(F)c3)c(N3CCC(N)CC3)c2-c2nc3ccc(Cl)cc3[nH]2)C(C)C)c(O[C@@H]2O[C@H](C(=O)O)[C@@H](O)[C@H](O)[C@H]2O)c1)C(C)C. The number of aromatic nitrogens is 3.